The zero-order valence-electron chi connectivity index (χ0n) is 10.2. The van der Waals surface area contributed by atoms with Crippen LogP contribution in [-0.2, 0) is 4.74 Å². The molecule has 1 aliphatic rings. The summed E-state index contributed by atoms with van der Waals surface area (Å²) in [5.41, 5.74) is 11.6. The van der Waals surface area contributed by atoms with E-state index in [1.807, 2.05) is 0 Å². The second-order valence-electron chi connectivity index (χ2n) is 5.45. The Balaban J connectivity index is 2.34. The molecule has 0 radical (unpaired) electrons. The molecule has 0 amide bonds. The van der Waals surface area contributed by atoms with Crippen molar-refractivity contribution >= 4 is 10.2 Å². The van der Waals surface area contributed by atoms with Crippen LogP contribution in [0.5, 0.6) is 0 Å². The third kappa shape index (κ3) is 4.63. The van der Waals surface area contributed by atoms with E-state index in [0.717, 1.165) is 36.1 Å². The molecule has 1 fully saturated rings. The minimum Gasteiger partial charge on any atom is -0.380 e. The molecule has 15 heavy (non-hydrogen) atoms. The Kier molecular flexibility index (Phi) is 4.77. The molecule has 3 nitrogen and oxygen atoms in total. The molecule has 1 heterocycles. The van der Waals surface area contributed by atoms with Gasteiger partial charge in [-0.25, -0.2) is 0 Å². The van der Waals surface area contributed by atoms with Gasteiger partial charge in [0.25, 0.3) is 0 Å². The van der Waals surface area contributed by atoms with Crippen molar-refractivity contribution in [2.75, 3.05) is 13.2 Å². The van der Waals surface area contributed by atoms with Crippen LogP contribution in [0, 0.1) is 0 Å². The maximum Gasteiger partial charge on any atom is 0.0486 e. The molecule has 2 unspecified atom stereocenters. The summed E-state index contributed by atoms with van der Waals surface area (Å²) >= 11 is 0. The monoisotopic (exact) mass is 230 g/mol. The van der Waals surface area contributed by atoms with E-state index in [9.17, 15) is 0 Å². The Morgan fingerprint density at radius 3 is 2.67 bits per heavy atom. The molecule has 0 aromatic carbocycles. The lowest BCUT2D eigenvalue weighted by Gasteiger charge is -2.37. The predicted octanol–water partition coefficient (Wildman–Crippen LogP) is 0.0950. The van der Waals surface area contributed by atoms with Gasteiger partial charge in [-0.15, -0.1) is 0 Å². The molecule has 4 N–H and O–H groups in total. The molecule has 0 spiro atoms. The highest BCUT2D eigenvalue weighted by molar-refractivity contribution is 6.14. The lowest BCUT2D eigenvalue weighted by atomic mass is 9.90. The minimum absolute atomic E-state index is 0.104. The second kappa shape index (κ2) is 5.43. The summed E-state index contributed by atoms with van der Waals surface area (Å²) in [4.78, 5) is 0. The van der Waals surface area contributed by atoms with Crippen LogP contribution in [-0.4, -0.2) is 34.2 Å². The zero-order valence-corrected chi connectivity index (χ0v) is 12.2. The number of nitrogens with two attached hydrogens (primary N) is 2. The fourth-order valence-corrected chi connectivity index (χ4v) is 3.00. The molecule has 0 aromatic rings. The van der Waals surface area contributed by atoms with Crippen molar-refractivity contribution in [2.24, 2.45) is 11.5 Å². The van der Waals surface area contributed by atoms with Gasteiger partial charge in [0.1, 0.15) is 0 Å². The highest BCUT2D eigenvalue weighted by Gasteiger charge is 2.30. The Morgan fingerprint density at radius 1 is 1.40 bits per heavy atom. The molecule has 2 atom stereocenters. The van der Waals surface area contributed by atoms with Crippen molar-refractivity contribution in [3.8, 4) is 0 Å². The normalized spacial score (nSPS) is 31.4. The second-order valence-corrected chi connectivity index (χ2v) is 7.27. The Morgan fingerprint density at radius 2 is 2.13 bits per heavy atom. The smallest absolute Gasteiger partial charge is 0.0486 e. The first-order valence-corrected chi connectivity index (χ1v) is 7.10. The molecular formula is C11H26N2OSi. The van der Waals surface area contributed by atoms with Gasteiger partial charge in [-0.1, -0.05) is 0 Å². The fraction of sp³-hybridized carbons (Fsp3) is 1.00. The number of hydrogen-bond donors (Lipinski definition) is 2. The summed E-state index contributed by atoms with van der Waals surface area (Å²) in [6, 6.07) is 0. The lowest BCUT2D eigenvalue weighted by molar-refractivity contribution is -0.0267. The van der Waals surface area contributed by atoms with Crippen LogP contribution in [0.1, 0.15) is 45.4 Å². The molecule has 0 saturated carbocycles. The molecule has 1 aliphatic heterocycles. The van der Waals surface area contributed by atoms with Crippen molar-refractivity contribution in [2.45, 2.75) is 56.2 Å². The van der Waals surface area contributed by atoms with Crippen LogP contribution < -0.4 is 11.5 Å². The number of ether oxygens (including phenoxy) is 1. The van der Waals surface area contributed by atoms with Crippen LogP contribution in [0.15, 0.2) is 0 Å². The van der Waals surface area contributed by atoms with Gasteiger partial charge in [0.05, 0.1) is 0 Å². The molecule has 1 rings (SSSR count). The minimum atomic E-state index is -0.104. The standard InChI is InChI=1S/C11H26N2OSi/c1-10(13,7-8-12)5-6-11(15)4-2-3-9-14-11/h2-9,12-13H2,1,15H3. The maximum absolute atomic E-state index is 6.18. The van der Waals surface area contributed by atoms with Gasteiger partial charge in [0.15, 0.2) is 0 Å². The molecule has 0 bridgehead atoms. The topological polar surface area (TPSA) is 61.3 Å². The highest BCUT2D eigenvalue weighted by Crippen LogP contribution is 2.28. The molecule has 4 heteroatoms. The van der Waals surface area contributed by atoms with Gasteiger partial charge in [0.2, 0.25) is 0 Å². The predicted molar refractivity (Wildman–Crippen MR) is 68.0 cm³/mol. The van der Waals surface area contributed by atoms with Gasteiger partial charge >= 0.3 is 0 Å². The maximum atomic E-state index is 6.18. The van der Waals surface area contributed by atoms with Crippen molar-refractivity contribution < 1.29 is 4.74 Å². The number of rotatable bonds is 5. The first-order chi connectivity index (χ1) is 6.97. The van der Waals surface area contributed by atoms with Crippen molar-refractivity contribution in [3.63, 3.8) is 0 Å². The van der Waals surface area contributed by atoms with Gasteiger partial charge in [-0.05, 0) is 52.0 Å². The first-order valence-electron chi connectivity index (χ1n) is 6.10. The van der Waals surface area contributed by atoms with Gasteiger partial charge < -0.3 is 16.2 Å². The average molecular weight is 230 g/mol. The summed E-state index contributed by atoms with van der Waals surface area (Å²) in [6.45, 7) is 3.73. The van der Waals surface area contributed by atoms with E-state index in [4.69, 9.17) is 16.2 Å². The molecular weight excluding hydrogens is 204 g/mol. The highest BCUT2D eigenvalue weighted by atomic mass is 28.1. The summed E-state index contributed by atoms with van der Waals surface area (Å²) in [5.74, 6) is 0. The van der Waals surface area contributed by atoms with E-state index in [-0.39, 0.29) is 10.8 Å². The van der Waals surface area contributed by atoms with Crippen LogP contribution in [0.2, 0.25) is 0 Å². The Hall–Kier alpha value is 0.0969. The van der Waals surface area contributed by atoms with E-state index < -0.39 is 0 Å². The van der Waals surface area contributed by atoms with Gasteiger partial charge in [-0.2, -0.15) is 0 Å². The van der Waals surface area contributed by atoms with E-state index >= 15 is 0 Å². The third-order valence-electron chi connectivity index (χ3n) is 3.49. The van der Waals surface area contributed by atoms with E-state index in [1.165, 1.54) is 19.3 Å². The van der Waals surface area contributed by atoms with Crippen LogP contribution in [0.3, 0.4) is 0 Å². The fourth-order valence-electron chi connectivity index (χ4n) is 2.19. The van der Waals surface area contributed by atoms with Crippen LogP contribution in [0.4, 0.5) is 0 Å². The average Bonchev–Trinajstić information content (AvgIpc) is 2.17. The Labute approximate surface area is 96.3 Å². The van der Waals surface area contributed by atoms with E-state index in [0.29, 0.717) is 6.54 Å². The zero-order chi connectivity index (χ0) is 11.4. The largest absolute Gasteiger partial charge is 0.380 e. The lowest BCUT2D eigenvalue weighted by Crippen LogP contribution is -2.43. The first kappa shape index (κ1) is 13.2. The van der Waals surface area contributed by atoms with Crippen LogP contribution in [0.25, 0.3) is 0 Å². The van der Waals surface area contributed by atoms with E-state index in [1.54, 1.807) is 0 Å². The van der Waals surface area contributed by atoms with Crippen molar-refractivity contribution in [1.29, 1.82) is 0 Å². The Bertz CT molecular complexity index is 191. The quantitative estimate of drug-likeness (QED) is 0.658. The molecule has 0 aromatic heterocycles. The van der Waals surface area contributed by atoms with Crippen molar-refractivity contribution in [1.82, 2.24) is 0 Å². The summed E-state index contributed by atoms with van der Waals surface area (Å²) in [7, 11) is 1.12. The van der Waals surface area contributed by atoms with Crippen LogP contribution >= 0.6 is 0 Å². The SMILES string of the molecule is CC(N)(CCN)CCC1([SiH3])CCCCO1. The van der Waals surface area contributed by atoms with Gasteiger partial charge in [0, 0.05) is 27.6 Å². The van der Waals surface area contributed by atoms with Gasteiger partial charge in [-0.3, -0.25) is 0 Å². The summed E-state index contributed by atoms with van der Waals surface area (Å²) in [6.07, 6.45) is 6.84. The summed E-state index contributed by atoms with van der Waals surface area (Å²) < 4.78 is 5.91. The third-order valence-corrected chi connectivity index (χ3v) is 4.78. The molecule has 0 aliphatic carbocycles. The molecule has 90 valence electrons. The van der Waals surface area contributed by atoms with Crippen molar-refractivity contribution in [3.05, 3.63) is 0 Å². The molecule has 1 saturated heterocycles. The number of hydrogen-bond acceptors (Lipinski definition) is 3. The summed E-state index contributed by atoms with van der Waals surface area (Å²) in [5, 5.41) is 0.202. The van der Waals surface area contributed by atoms with E-state index in [2.05, 4.69) is 6.92 Å².